The first kappa shape index (κ1) is 22.6. The molecule has 0 unspecified atom stereocenters. The zero-order valence-electron chi connectivity index (χ0n) is 18.1. The normalized spacial score (nSPS) is 11.1. The summed E-state index contributed by atoms with van der Waals surface area (Å²) in [6.45, 7) is 1.97. The number of methoxy groups -OCH3 is 1. The molecule has 0 saturated carbocycles. The van der Waals surface area contributed by atoms with E-state index in [1.165, 1.54) is 11.1 Å². The standard InChI is InChI=1S/C27H30N2O2/c1-30-26-17-15-25(16-18-26)27(23-11-5-2-6-12-23,24-13-7-3-8-14-24)29-20-22-31-21-10-4-9-19-28/h2-3,5-8,11-18,29H,4,9-10,20-22H2,1H3. The van der Waals surface area contributed by atoms with Gasteiger partial charge in [-0.15, -0.1) is 0 Å². The molecule has 4 heteroatoms. The molecule has 0 atom stereocenters. The number of rotatable bonds is 12. The maximum atomic E-state index is 8.65. The molecule has 0 fully saturated rings. The van der Waals surface area contributed by atoms with Crippen LogP contribution in [0.1, 0.15) is 36.0 Å². The Bertz CT molecular complexity index is 895. The molecule has 0 spiro atoms. The Morgan fingerprint density at radius 2 is 1.35 bits per heavy atom. The fourth-order valence-electron chi connectivity index (χ4n) is 3.84. The highest BCUT2D eigenvalue weighted by molar-refractivity contribution is 5.50. The van der Waals surface area contributed by atoms with Gasteiger partial charge in [0.1, 0.15) is 5.75 Å². The third-order valence-electron chi connectivity index (χ3n) is 5.40. The van der Waals surface area contributed by atoms with Crippen LogP contribution in [-0.2, 0) is 10.3 Å². The fraction of sp³-hybridized carbons (Fsp3) is 0.296. The predicted octanol–water partition coefficient (Wildman–Crippen LogP) is 5.29. The van der Waals surface area contributed by atoms with E-state index in [1.54, 1.807) is 7.11 Å². The topological polar surface area (TPSA) is 54.3 Å². The first-order chi connectivity index (χ1) is 15.3. The lowest BCUT2D eigenvalue weighted by atomic mass is 9.77. The minimum Gasteiger partial charge on any atom is -0.497 e. The number of hydrogen-bond donors (Lipinski definition) is 1. The second-order valence-electron chi connectivity index (χ2n) is 7.36. The van der Waals surface area contributed by atoms with Gasteiger partial charge in [0, 0.05) is 19.6 Å². The summed E-state index contributed by atoms with van der Waals surface area (Å²) >= 11 is 0. The van der Waals surface area contributed by atoms with Crippen molar-refractivity contribution in [2.45, 2.75) is 24.8 Å². The van der Waals surface area contributed by atoms with Crippen LogP contribution in [0.4, 0.5) is 0 Å². The molecule has 1 N–H and O–H groups in total. The molecule has 0 aliphatic rings. The molecule has 3 rings (SSSR count). The van der Waals surface area contributed by atoms with Gasteiger partial charge in [0.25, 0.3) is 0 Å². The molecule has 0 aliphatic heterocycles. The lowest BCUT2D eigenvalue weighted by Gasteiger charge is -2.37. The van der Waals surface area contributed by atoms with E-state index in [0.717, 1.165) is 24.2 Å². The summed E-state index contributed by atoms with van der Waals surface area (Å²) < 4.78 is 11.2. The van der Waals surface area contributed by atoms with Crippen molar-refractivity contribution in [2.75, 3.05) is 26.9 Å². The van der Waals surface area contributed by atoms with Crippen molar-refractivity contribution in [2.24, 2.45) is 0 Å². The van der Waals surface area contributed by atoms with E-state index in [0.29, 0.717) is 26.2 Å². The van der Waals surface area contributed by atoms with Gasteiger partial charge >= 0.3 is 0 Å². The van der Waals surface area contributed by atoms with Gasteiger partial charge in [-0.05, 0) is 41.7 Å². The van der Waals surface area contributed by atoms with Gasteiger partial charge in [0.15, 0.2) is 0 Å². The van der Waals surface area contributed by atoms with E-state index >= 15 is 0 Å². The third kappa shape index (κ3) is 5.73. The number of hydrogen-bond acceptors (Lipinski definition) is 4. The first-order valence-electron chi connectivity index (χ1n) is 10.8. The van der Waals surface area contributed by atoms with Crippen molar-refractivity contribution in [3.05, 3.63) is 102 Å². The third-order valence-corrected chi connectivity index (χ3v) is 5.40. The summed E-state index contributed by atoms with van der Waals surface area (Å²) in [5.74, 6) is 0.833. The number of nitriles is 1. The van der Waals surface area contributed by atoms with Gasteiger partial charge in [-0.25, -0.2) is 0 Å². The van der Waals surface area contributed by atoms with Crippen molar-refractivity contribution in [1.82, 2.24) is 5.32 Å². The van der Waals surface area contributed by atoms with Crippen LogP contribution in [0.2, 0.25) is 0 Å². The molecule has 0 saturated heterocycles. The van der Waals surface area contributed by atoms with Crippen LogP contribution in [0.25, 0.3) is 0 Å². The summed E-state index contributed by atoms with van der Waals surface area (Å²) in [6.07, 6.45) is 2.38. The van der Waals surface area contributed by atoms with E-state index < -0.39 is 5.54 Å². The van der Waals surface area contributed by atoms with Crippen LogP contribution in [0, 0.1) is 11.3 Å². The van der Waals surface area contributed by atoms with Gasteiger partial charge in [0.2, 0.25) is 0 Å². The van der Waals surface area contributed by atoms with E-state index in [2.05, 4.69) is 72.0 Å². The lowest BCUT2D eigenvalue weighted by molar-refractivity contribution is 0.128. The Morgan fingerprint density at radius 1 is 0.774 bits per heavy atom. The summed E-state index contributed by atoms with van der Waals surface area (Å²) in [4.78, 5) is 0. The number of nitrogens with zero attached hydrogens (tertiary/aromatic N) is 1. The Labute approximate surface area is 185 Å². The molecular formula is C27H30N2O2. The minimum absolute atomic E-state index is 0.515. The molecule has 3 aromatic rings. The predicted molar refractivity (Wildman–Crippen MR) is 124 cm³/mol. The van der Waals surface area contributed by atoms with Gasteiger partial charge in [-0.2, -0.15) is 5.26 Å². The number of nitrogens with one attached hydrogen (secondary N) is 1. The SMILES string of the molecule is COc1ccc(C(NCCOCCCCC#N)(c2ccccc2)c2ccccc2)cc1. The van der Waals surface area contributed by atoms with Gasteiger partial charge in [-0.3, -0.25) is 5.32 Å². The fourth-order valence-corrected chi connectivity index (χ4v) is 3.84. The second-order valence-corrected chi connectivity index (χ2v) is 7.36. The Balaban J connectivity index is 1.89. The highest BCUT2D eigenvalue weighted by Crippen LogP contribution is 2.37. The largest absolute Gasteiger partial charge is 0.497 e. The molecule has 0 aromatic heterocycles. The maximum absolute atomic E-state index is 8.65. The van der Waals surface area contributed by atoms with Crippen molar-refractivity contribution < 1.29 is 9.47 Å². The van der Waals surface area contributed by atoms with Crippen LogP contribution in [0.3, 0.4) is 0 Å². The molecule has 160 valence electrons. The molecule has 0 bridgehead atoms. The van der Waals surface area contributed by atoms with Crippen molar-refractivity contribution in [3.8, 4) is 11.8 Å². The second kappa shape index (κ2) is 11.9. The molecule has 31 heavy (non-hydrogen) atoms. The van der Waals surface area contributed by atoms with Gasteiger partial charge in [-0.1, -0.05) is 72.8 Å². The van der Waals surface area contributed by atoms with Gasteiger partial charge < -0.3 is 9.47 Å². The molecule has 3 aromatic carbocycles. The average molecular weight is 415 g/mol. The molecule has 0 radical (unpaired) electrons. The zero-order chi connectivity index (χ0) is 21.8. The Morgan fingerprint density at radius 3 is 1.90 bits per heavy atom. The maximum Gasteiger partial charge on any atom is 0.118 e. The molecule has 0 aliphatic carbocycles. The summed E-state index contributed by atoms with van der Waals surface area (Å²) in [7, 11) is 1.68. The summed E-state index contributed by atoms with van der Waals surface area (Å²) in [5.41, 5.74) is 2.96. The Hall–Kier alpha value is -3.13. The Kier molecular flexibility index (Phi) is 8.66. The van der Waals surface area contributed by atoms with E-state index in [-0.39, 0.29) is 0 Å². The van der Waals surface area contributed by atoms with Crippen LogP contribution in [0.15, 0.2) is 84.9 Å². The zero-order valence-corrected chi connectivity index (χ0v) is 18.1. The summed E-state index contributed by atoms with van der Waals surface area (Å²) in [6, 6.07) is 31.4. The smallest absolute Gasteiger partial charge is 0.118 e. The highest BCUT2D eigenvalue weighted by Gasteiger charge is 2.35. The summed E-state index contributed by atoms with van der Waals surface area (Å²) in [5, 5.41) is 12.4. The molecule has 4 nitrogen and oxygen atoms in total. The van der Waals surface area contributed by atoms with Crippen molar-refractivity contribution >= 4 is 0 Å². The van der Waals surface area contributed by atoms with Crippen LogP contribution in [-0.4, -0.2) is 26.9 Å². The van der Waals surface area contributed by atoms with Crippen molar-refractivity contribution in [3.63, 3.8) is 0 Å². The van der Waals surface area contributed by atoms with E-state index in [1.807, 2.05) is 24.3 Å². The van der Waals surface area contributed by atoms with Gasteiger partial charge in [0.05, 0.1) is 25.3 Å². The lowest BCUT2D eigenvalue weighted by Crippen LogP contribution is -2.46. The molecule has 0 heterocycles. The monoisotopic (exact) mass is 414 g/mol. The first-order valence-corrected chi connectivity index (χ1v) is 10.8. The highest BCUT2D eigenvalue weighted by atomic mass is 16.5. The number of benzene rings is 3. The van der Waals surface area contributed by atoms with Crippen LogP contribution in [0.5, 0.6) is 5.75 Å². The number of ether oxygens (including phenoxy) is 2. The van der Waals surface area contributed by atoms with Crippen molar-refractivity contribution in [1.29, 1.82) is 5.26 Å². The van der Waals surface area contributed by atoms with E-state index in [4.69, 9.17) is 14.7 Å². The van der Waals surface area contributed by atoms with E-state index in [9.17, 15) is 0 Å². The van der Waals surface area contributed by atoms with Crippen LogP contribution < -0.4 is 10.1 Å². The average Bonchev–Trinajstić information content (AvgIpc) is 2.84. The number of unbranched alkanes of at least 4 members (excludes halogenated alkanes) is 2. The molecule has 0 amide bonds. The minimum atomic E-state index is -0.515. The molecular weight excluding hydrogens is 384 g/mol. The quantitative estimate of drug-likeness (QED) is 0.323. The van der Waals surface area contributed by atoms with Crippen LogP contribution >= 0.6 is 0 Å².